The van der Waals surface area contributed by atoms with E-state index < -0.39 is 29.1 Å². The van der Waals surface area contributed by atoms with Gasteiger partial charge in [0, 0.05) is 24.9 Å². The van der Waals surface area contributed by atoms with Crippen LogP contribution in [0.3, 0.4) is 0 Å². The van der Waals surface area contributed by atoms with E-state index in [-0.39, 0.29) is 30.4 Å². The molecule has 192 valence electrons. The summed E-state index contributed by atoms with van der Waals surface area (Å²) in [7, 11) is 0. The minimum absolute atomic E-state index is 0.0737. The standard InChI is InChI=1S/C27H39N3O5/c1-4-26-14-15-27(35-26)21(20(26)23(32)29-19-12-8-7-9-13-19)25(34)30(16-10-5-6-11-17-31)22(27)24(33)28-18(2)3/h7-9,12-13,18,20-22,31H,4-6,10-11,14-17H2,1-3H3,(H,28,33)(H,29,32)/t20-,21+,22?,26+,27?/m1/s1. The molecule has 5 atom stereocenters. The number of fused-ring (bicyclic) bond motifs is 1. The van der Waals surface area contributed by atoms with Crippen LogP contribution in [0.5, 0.6) is 0 Å². The van der Waals surface area contributed by atoms with Crippen molar-refractivity contribution in [2.24, 2.45) is 11.8 Å². The molecule has 3 N–H and O–H groups in total. The summed E-state index contributed by atoms with van der Waals surface area (Å²) in [5, 5.41) is 15.1. The molecule has 0 saturated carbocycles. The summed E-state index contributed by atoms with van der Waals surface area (Å²) in [6.45, 7) is 6.39. The zero-order chi connectivity index (χ0) is 25.2. The van der Waals surface area contributed by atoms with E-state index in [1.165, 1.54) is 0 Å². The van der Waals surface area contributed by atoms with Crippen LogP contribution in [0.2, 0.25) is 0 Å². The highest BCUT2D eigenvalue weighted by Gasteiger charge is 2.78. The van der Waals surface area contributed by atoms with Crippen molar-refractivity contribution in [3.8, 4) is 0 Å². The first kappa shape index (κ1) is 25.6. The van der Waals surface area contributed by atoms with Gasteiger partial charge in [-0.15, -0.1) is 0 Å². The normalized spacial score (nSPS) is 31.2. The van der Waals surface area contributed by atoms with Gasteiger partial charge in [0.15, 0.2) is 0 Å². The smallest absolute Gasteiger partial charge is 0.246 e. The number of hydrogen-bond donors (Lipinski definition) is 3. The number of aliphatic hydroxyl groups excluding tert-OH is 1. The Hall–Kier alpha value is -2.45. The minimum atomic E-state index is -0.990. The Balaban J connectivity index is 1.65. The Kier molecular flexibility index (Phi) is 7.52. The van der Waals surface area contributed by atoms with E-state index in [1.54, 1.807) is 4.90 Å². The predicted octanol–water partition coefficient (Wildman–Crippen LogP) is 2.86. The molecule has 0 aliphatic carbocycles. The number of aliphatic hydroxyl groups is 1. The van der Waals surface area contributed by atoms with E-state index in [0.717, 1.165) is 25.7 Å². The monoisotopic (exact) mass is 485 g/mol. The van der Waals surface area contributed by atoms with Crippen LogP contribution in [-0.2, 0) is 19.1 Å². The molecule has 35 heavy (non-hydrogen) atoms. The van der Waals surface area contributed by atoms with Crippen LogP contribution in [0.15, 0.2) is 30.3 Å². The van der Waals surface area contributed by atoms with Gasteiger partial charge in [-0.1, -0.05) is 38.0 Å². The molecule has 8 heteroatoms. The lowest BCUT2D eigenvalue weighted by molar-refractivity contribution is -0.146. The molecule has 3 heterocycles. The number of anilines is 1. The van der Waals surface area contributed by atoms with Crippen LogP contribution in [0.25, 0.3) is 0 Å². The van der Waals surface area contributed by atoms with Crippen LogP contribution in [-0.4, -0.2) is 64.2 Å². The van der Waals surface area contributed by atoms with E-state index in [9.17, 15) is 14.4 Å². The number of hydrogen-bond acceptors (Lipinski definition) is 5. The third kappa shape index (κ3) is 4.47. The van der Waals surface area contributed by atoms with Crippen molar-refractivity contribution in [2.45, 2.75) is 89.0 Å². The van der Waals surface area contributed by atoms with E-state index in [0.29, 0.717) is 31.5 Å². The van der Waals surface area contributed by atoms with Crippen LogP contribution in [0.1, 0.15) is 65.7 Å². The molecule has 2 bridgehead atoms. The zero-order valence-electron chi connectivity index (χ0n) is 21.1. The van der Waals surface area contributed by atoms with E-state index in [1.807, 2.05) is 51.1 Å². The average Bonchev–Trinajstić information content (AvgIpc) is 3.43. The highest BCUT2D eigenvalue weighted by molar-refractivity contribution is 6.02. The third-order valence-corrected chi connectivity index (χ3v) is 7.99. The lowest BCUT2D eigenvalue weighted by Gasteiger charge is -2.34. The fourth-order valence-electron chi connectivity index (χ4n) is 6.51. The van der Waals surface area contributed by atoms with Crippen molar-refractivity contribution < 1.29 is 24.2 Å². The molecule has 3 aliphatic heterocycles. The Labute approximate surface area is 207 Å². The second-order valence-corrected chi connectivity index (χ2v) is 10.5. The maximum absolute atomic E-state index is 14.0. The molecule has 0 radical (unpaired) electrons. The summed E-state index contributed by atoms with van der Waals surface area (Å²) < 4.78 is 6.74. The van der Waals surface area contributed by atoms with Crippen molar-refractivity contribution in [1.29, 1.82) is 0 Å². The molecule has 0 aromatic heterocycles. The summed E-state index contributed by atoms with van der Waals surface area (Å²) in [5.41, 5.74) is -1.06. The Morgan fingerprint density at radius 2 is 1.83 bits per heavy atom. The van der Waals surface area contributed by atoms with Crippen LogP contribution in [0.4, 0.5) is 5.69 Å². The summed E-state index contributed by atoms with van der Waals surface area (Å²) >= 11 is 0. The molecule has 1 aromatic carbocycles. The molecular weight excluding hydrogens is 446 g/mol. The van der Waals surface area contributed by atoms with Gasteiger partial charge in [0.25, 0.3) is 0 Å². The first-order valence-electron chi connectivity index (χ1n) is 13.1. The average molecular weight is 486 g/mol. The van der Waals surface area contributed by atoms with Gasteiger partial charge in [0.05, 0.1) is 17.4 Å². The number of likely N-dealkylation sites (tertiary alicyclic amines) is 1. The maximum atomic E-state index is 14.0. The molecule has 4 rings (SSSR count). The van der Waals surface area contributed by atoms with E-state index >= 15 is 0 Å². The van der Waals surface area contributed by atoms with Gasteiger partial charge in [0.1, 0.15) is 11.6 Å². The van der Waals surface area contributed by atoms with Gasteiger partial charge < -0.3 is 25.4 Å². The van der Waals surface area contributed by atoms with Gasteiger partial charge in [0.2, 0.25) is 17.7 Å². The van der Waals surface area contributed by atoms with Crippen LogP contribution in [0, 0.1) is 11.8 Å². The second kappa shape index (κ2) is 10.3. The van der Waals surface area contributed by atoms with Gasteiger partial charge in [-0.25, -0.2) is 0 Å². The van der Waals surface area contributed by atoms with Gasteiger partial charge in [-0.3, -0.25) is 14.4 Å². The van der Waals surface area contributed by atoms with Crippen LogP contribution >= 0.6 is 0 Å². The van der Waals surface area contributed by atoms with Crippen LogP contribution < -0.4 is 10.6 Å². The second-order valence-electron chi connectivity index (χ2n) is 10.5. The lowest BCUT2D eigenvalue weighted by Crippen LogP contribution is -2.56. The SMILES string of the molecule is CC[C@@]12CCC3(O1)C(C(=O)NC(C)C)N(CCCCCCO)C(=O)[C@@H]3[C@@H]2C(=O)Nc1ccccc1. The number of nitrogens with one attached hydrogen (secondary N) is 2. The number of amides is 3. The molecule has 3 aliphatic rings. The number of ether oxygens (including phenoxy) is 1. The molecule has 1 spiro atoms. The molecule has 3 amide bonds. The number of carbonyl (C=O) groups excluding carboxylic acids is 3. The quantitative estimate of drug-likeness (QED) is 0.418. The highest BCUT2D eigenvalue weighted by atomic mass is 16.5. The first-order chi connectivity index (χ1) is 16.8. The van der Waals surface area contributed by atoms with Gasteiger partial charge >= 0.3 is 0 Å². The topological polar surface area (TPSA) is 108 Å². The molecule has 2 unspecified atom stereocenters. The summed E-state index contributed by atoms with van der Waals surface area (Å²) in [5.74, 6) is -1.91. The van der Waals surface area contributed by atoms with Crippen molar-refractivity contribution in [2.75, 3.05) is 18.5 Å². The predicted molar refractivity (Wildman–Crippen MR) is 132 cm³/mol. The first-order valence-corrected chi connectivity index (χ1v) is 13.1. The Morgan fingerprint density at radius 3 is 2.49 bits per heavy atom. The third-order valence-electron chi connectivity index (χ3n) is 7.99. The maximum Gasteiger partial charge on any atom is 0.246 e. The van der Waals surface area contributed by atoms with Gasteiger partial charge in [-0.2, -0.15) is 0 Å². The van der Waals surface area contributed by atoms with Gasteiger partial charge in [-0.05, 0) is 58.1 Å². The number of unbranched alkanes of at least 4 members (excludes halogenated alkanes) is 3. The summed E-state index contributed by atoms with van der Waals surface area (Å²) in [6.07, 6.45) is 5.03. The van der Waals surface area contributed by atoms with Crippen molar-refractivity contribution in [3.63, 3.8) is 0 Å². The Morgan fingerprint density at radius 1 is 1.11 bits per heavy atom. The number of rotatable bonds is 11. The molecular formula is C27H39N3O5. The largest absolute Gasteiger partial charge is 0.396 e. The fraction of sp³-hybridized carbons (Fsp3) is 0.667. The number of benzene rings is 1. The Bertz CT molecular complexity index is 938. The highest BCUT2D eigenvalue weighted by Crippen LogP contribution is 2.64. The molecule has 8 nitrogen and oxygen atoms in total. The number of nitrogens with zero attached hydrogens (tertiary/aromatic N) is 1. The van der Waals surface area contributed by atoms with Crippen molar-refractivity contribution >= 4 is 23.4 Å². The number of carbonyl (C=O) groups is 3. The molecule has 1 aromatic rings. The zero-order valence-corrected chi connectivity index (χ0v) is 21.1. The fourth-order valence-corrected chi connectivity index (χ4v) is 6.51. The van der Waals surface area contributed by atoms with Crippen molar-refractivity contribution in [3.05, 3.63) is 30.3 Å². The number of para-hydroxylation sites is 1. The van der Waals surface area contributed by atoms with E-state index in [2.05, 4.69) is 10.6 Å². The van der Waals surface area contributed by atoms with E-state index in [4.69, 9.17) is 9.84 Å². The molecule has 3 fully saturated rings. The minimum Gasteiger partial charge on any atom is -0.396 e. The summed E-state index contributed by atoms with van der Waals surface area (Å²) in [4.78, 5) is 42.8. The molecule has 3 saturated heterocycles. The summed E-state index contributed by atoms with van der Waals surface area (Å²) in [6, 6.07) is 8.43. The van der Waals surface area contributed by atoms with Crippen molar-refractivity contribution in [1.82, 2.24) is 10.2 Å². The lowest BCUT2D eigenvalue weighted by atomic mass is 9.65.